The highest BCUT2D eigenvalue weighted by Gasteiger charge is 2.56. The summed E-state index contributed by atoms with van der Waals surface area (Å²) >= 11 is 0. The summed E-state index contributed by atoms with van der Waals surface area (Å²) in [4.78, 5) is 0. The highest BCUT2D eigenvalue weighted by atomic mass is 16.3. The minimum atomic E-state index is -0.314. The maximum atomic E-state index is 10.9. The zero-order chi connectivity index (χ0) is 17.6. The molecule has 0 amide bonds. The number of hydrogen-bond acceptors (Lipinski definition) is 1. The Morgan fingerprint density at radius 1 is 1.25 bits per heavy atom. The molecule has 0 aromatic heterocycles. The fraction of sp³-hybridized carbons (Fsp3) is 0.739. The van der Waals surface area contributed by atoms with Crippen LogP contribution in [0.15, 0.2) is 36.5 Å². The third kappa shape index (κ3) is 2.64. The van der Waals surface area contributed by atoms with Crippen molar-refractivity contribution in [2.45, 2.75) is 78.7 Å². The number of aliphatic hydroxyl groups is 1. The van der Waals surface area contributed by atoms with Gasteiger partial charge in [0.2, 0.25) is 0 Å². The van der Waals surface area contributed by atoms with Gasteiger partial charge in [-0.1, -0.05) is 57.1 Å². The van der Waals surface area contributed by atoms with E-state index in [0.29, 0.717) is 5.92 Å². The van der Waals surface area contributed by atoms with E-state index < -0.39 is 0 Å². The molecule has 0 saturated heterocycles. The summed E-state index contributed by atoms with van der Waals surface area (Å²) in [5.41, 5.74) is 2.29. The van der Waals surface area contributed by atoms with Gasteiger partial charge in [0.15, 0.2) is 0 Å². The van der Waals surface area contributed by atoms with Gasteiger partial charge < -0.3 is 5.11 Å². The van der Waals surface area contributed by atoms with Gasteiger partial charge in [-0.15, -0.1) is 6.58 Å². The molecule has 0 aromatic carbocycles. The molecule has 1 heteroatoms. The van der Waals surface area contributed by atoms with Crippen LogP contribution in [0, 0.1) is 28.1 Å². The predicted molar refractivity (Wildman–Crippen MR) is 103 cm³/mol. The second-order valence-electron chi connectivity index (χ2n) is 9.50. The molecule has 1 unspecified atom stereocenters. The Balaban J connectivity index is 1.96. The first-order chi connectivity index (χ1) is 11.3. The Bertz CT molecular complexity index is 558. The second-order valence-corrected chi connectivity index (χ2v) is 9.50. The summed E-state index contributed by atoms with van der Waals surface area (Å²) in [5, 5.41) is 10.9. The van der Waals surface area contributed by atoms with Gasteiger partial charge in [0, 0.05) is 5.41 Å². The minimum absolute atomic E-state index is 0.0184. The van der Waals surface area contributed by atoms with Gasteiger partial charge >= 0.3 is 0 Å². The number of rotatable bonds is 3. The Hall–Kier alpha value is -0.820. The van der Waals surface area contributed by atoms with Crippen LogP contribution >= 0.6 is 0 Å². The quantitative estimate of drug-likeness (QED) is 0.624. The standard InChI is InChI=1S/C23H36O/c1-6-9-20(24)23(5)14-8-13-22(4)18-12-15-21(3,7-2)16-17(18)10-11-19(22)23/h6-7,9,12,17,19-20,24H,2,8,10-11,13-16H2,1,3-5H3/b9-6+/t17-,19-,20?,21-,22-,23+/m0/s1. The van der Waals surface area contributed by atoms with Crippen LogP contribution in [0.3, 0.4) is 0 Å². The van der Waals surface area contributed by atoms with Gasteiger partial charge in [-0.25, -0.2) is 0 Å². The predicted octanol–water partition coefficient (Wildman–Crippen LogP) is 6.06. The lowest BCUT2D eigenvalue weighted by Gasteiger charge is -2.60. The number of allylic oxidation sites excluding steroid dienone is 4. The molecule has 0 aliphatic heterocycles. The molecule has 0 bridgehead atoms. The van der Waals surface area contributed by atoms with Crippen molar-refractivity contribution in [2.24, 2.45) is 28.1 Å². The average molecular weight is 329 g/mol. The molecule has 24 heavy (non-hydrogen) atoms. The second kappa shape index (κ2) is 6.16. The van der Waals surface area contributed by atoms with E-state index in [2.05, 4.69) is 39.5 Å². The van der Waals surface area contributed by atoms with Crippen LogP contribution in [-0.4, -0.2) is 11.2 Å². The number of fused-ring (bicyclic) bond motifs is 3. The summed E-state index contributed by atoms with van der Waals surface area (Å²) in [6.45, 7) is 13.3. The molecule has 6 atom stereocenters. The van der Waals surface area contributed by atoms with Crippen molar-refractivity contribution in [3.05, 3.63) is 36.5 Å². The summed E-state index contributed by atoms with van der Waals surface area (Å²) < 4.78 is 0. The van der Waals surface area contributed by atoms with E-state index in [-0.39, 0.29) is 22.3 Å². The van der Waals surface area contributed by atoms with E-state index in [0.717, 1.165) is 18.8 Å². The maximum Gasteiger partial charge on any atom is 0.0777 e. The fourth-order valence-corrected chi connectivity index (χ4v) is 6.42. The van der Waals surface area contributed by atoms with Crippen LogP contribution in [0.1, 0.15) is 72.6 Å². The van der Waals surface area contributed by atoms with Crippen LogP contribution in [0.4, 0.5) is 0 Å². The fourth-order valence-electron chi connectivity index (χ4n) is 6.42. The molecule has 1 N–H and O–H groups in total. The molecule has 0 spiro atoms. The van der Waals surface area contributed by atoms with E-state index in [1.807, 2.05) is 19.1 Å². The Morgan fingerprint density at radius 3 is 2.67 bits per heavy atom. The average Bonchev–Trinajstić information content (AvgIpc) is 2.54. The normalized spacial score (nSPS) is 46.8. The van der Waals surface area contributed by atoms with Crippen LogP contribution in [0.5, 0.6) is 0 Å². The highest BCUT2D eigenvalue weighted by Crippen LogP contribution is 2.64. The number of aliphatic hydroxyl groups excluding tert-OH is 1. The van der Waals surface area contributed by atoms with Crippen molar-refractivity contribution in [1.29, 1.82) is 0 Å². The smallest absolute Gasteiger partial charge is 0.0777 e. The Kier molecular flexibility index (Phi) is 4.62. The van der Waals surface area contributed by atoms with Gasteiger partial charge in [0.05, 0.1) is 6.10 Å². The van der Waals surface area contributed by atoms with Gasteiger partial charge in [0.25, 0.3) is 0 Å². The molecule has 0 heterocycles. The first-order valence-corrected chi connectivity index (χ1v) is 9.94. The lowest BCUT2D eigenvalue weighted by molar-refractivity contribution is -0.0818. The molecular formula is C23H36O. The largest absolute Gasteiger partial charge is 0.388 e. The third-order valence-corrected chi connectivity index (χ3v) is 7.92. The van der Waals surface area contributed by atoms with Gasteiger partial charge in [0.1, 0.15) is 0 Å². The SMILES string of the molecule is C=C[C@@]1(C)CC=C2[C@@H](CC[C@H]3[C@@]2(C)CCC[C@@]3(C)C(O)/C=C/C)C1. The molecule has 0 aromatic rings. The molecule has 3 aliphatic rings. The van der Waals surface area contributed by atoms with Gasteiger partial charge in [-0.3, -0.25) is 0 Å². The zero-order valence-corrected chi connectivity index (χ0v) is 16.1. The third-order valence-electron chi connectivity index (χ3n) is 7.92. The Labute approximate surface area is 148 Å². The molecule has 2 fully saturated rings. The van der Waals surface area contributed by atoms with E-state index in [4.69, 9.17) is 0 Å². The van der Waals surface area contributed by atoms with E-state index in [1.165, 1.54) is 32.1 Å². The van der Waals surface area contributed by atoms with Crippen LogP contribution < -0.4 is 0 Å². The van der Waals surface area contributed by atoms with Crippen molar-refractivity contribution in [3.8, 4) is 0 Å². The lowest BCUT2D eigenvalue weighted by Crippen LogP contribution is -2.53. The van der Waals surface area contributed by atoms with Crippen LogP contribution in [0.25, 0.3) is 0 Å². The van der Waals surface area contributed by atoms with Crippen LogP contribution in [-0.2, 0) is 0 Å². The van der Waals surface area contributed by atoms with Crippen molar-refractivity contribution in [3.63, 3.8) is 0 Å². The van der Waals surface area contributed by atoms with Crippen molar-refractivity contribution in [2.75, 3.05) is 0 Å². The first-order valence-electron chi connectivity index (χ1n) is 9.94. The molecule has 2 saturated carbocycles. The highest BCUT2D eigenvalue weighted by molar-refractivity contribution is 5.29. The summed E-state index contributed by atoms with van der Waals surface area (Å²) in [7, 11) is 0. The van der Waals surface area contributed by atoms with E-state index in [1.54, 1.807) is 5.57 Å². The lowest BCUT2D eigenvalue weighted by atomic mass is 9.45. The topological polar surface area (TPSA) is 20.2 Å². The van der Waals surface area contributed by atoms with Gasteiger partial charge in [-0.05, 0) is 68.1 Å². The van der Waals surface area contributed by atoms with Crippen molar-refractivity contribution >= 4 is 0 Å². The molecule has 134 valence electrons. The zero-order valence-electron chi connectivity index (χ0n) is 16.1. The summed E-state index contributed by atoms with van der Waals surface area (Å²) in [6, 6.07) is 0. The molecule has 3 aliphatic carbocycles. The molecule has 1 nitrogen and oxygen atoms in total. The maximum absolute atomic E-state index is 10.9. The van der Waals surface area contributed by atoms with Gasteiger partial charge in [-0.2, -0.15) is 0 Å². The molecular weight excluding hydrogens is 292 g/mol. The van der Waals surface area contributed by atoms with Crippen molar-refractivity contribution < 1.29 is 5.11 Å². The summed E-state index contributed by atoms with van der Waals surface area (Å²) in [6.07, 6.45) is 17.1. The summed E-state index contributed by atoms with van der Waals surface area (Å²) in [5.74, 6) is 1.32. The van der Waals surface area contributed by atoms with Crippen molar-refractivity contribution in [1.82, 2.24) is 0 Å². The first kappa shape index (κ1) is 18.0. The minimum Gasteiger partial charge on any atom is -0.388 e. The number of hydrogen-bond donors (Lipinski definition) is 1. The van der Waals surface area contributed by atoms with E-state index in [9.17, 15) is 5.11 Å². The Morgan fingerprint density at radius 2 is 2.00 bits per heavy atom. The molecule has 3 rings (SSSR count). The van der Waals surface area contributed by atoms with Crippen LogP contribution in [0.2, 0.25) is 0 Å². The van der Waals surface area contributed by atoms with E-state index >= 15 is 0 Å². The molecule has 0 radical (unpaired) electrons. The monoisotopic (exact) mass is 328 g/mol.